The number of hydrogen-bond acceptors (Lipinski definition) is 5. The van der Waals surface area contributed by atoms with Crippen molar-refractivity contribution in [3.8, 4) is 0 Å². The van der Waals surface area contributed by atoms with E-state index < -0.39 is 22.1 Å². The lowest BCUT2D eigenvalue weighted by Crippen LogP contribution is -2.34. The van der Waals surface area contributed by atoms with Crippen LogP contribution in [0.5, 0.6) is 0 Å². The summed E-state index contributed by atoms with van der Waals surface area (Å²) in [5.41, 5.74) is 0.780. The van der Waals surface area contributed by atoms with Crippen LogP contribution in [0.25, 0.3) is 0 Å². The number of sulfonamides is 1. The van der Waals surface area contributed by atoms with Crippen molar-refractivity contribution in [2.45, 2.75) is 23.8 Å². The van der Waals surface area contributed by atoms with Crippen LogP contribution in [-0.2, 0) is 19.6 Å². The molecular formula is C21H24N2O5S. The molecule has 0 aliphatic carbocycles. The number of carbonyl (C=O) groups excluding carboxylic acids is 2. The summed E-state index contributed by atoms with van der Waals surface area (Å²) >= 11 is 0. The predicted molar refractivity (Wildman–Crippen MR) is 108 cm³/mol. The third-order valence-electron chi connectivity index (χ3n) is 4.84. The molecule has 0 saturated carbocycles. The smallest absolute Gasteiger partial charge is 0.339 e. The number of amides is 1. The van der Waals surface area contributed by atoms with Crippen LogP contribution in [0.1, 0.15) is 34.9 Å². The number of likely N-dealkylation sites (tertiary alicyclic amines) is 1. The Morgan fingerprint density at radius 1 is 0.966 bits per heavy atom. The van der Waals surface area contributed by atoms with E-state index in [1.165, 1.54) is 38.4 Å². The average Bonchev–Trinajstić information content (AvgIpc) is 3.27. The predicted octanol–water partition coefficient (Wildman–Crippen LogP) is 2.46. The number of rotatable bonds is 6. The van der Waals surface area contributed by atoms with Gasteiger partial charge in [0.25, 0.3) is 5.91 Å². The molecular weight excluding hydrogens is 392 g/mol. The molecule has 1 aliphatic rings. The molecule has 3 rings (SSSR count). The fraction of sp³-hybridized carbons (Fsp3) is 0.333. The van der Waals surface area contributed by atoms with E-state index in [1.807, 2.05) is 6.07 Å². The average molecular weight is 416 g/mol. The zero-order valence-electron chi connectivity index (χ0n) is 16.4. The molecule has 1 fully saturated rings. The lowest BCUT2D eigenvalue weighted by molar-refractivity contribution is -0.140. The molecule has 2 aromatic rings. The van der Waals surface area contributed by atoms with Gasteiger partial charge in [-0.2, -0.15) is 0 Å². The minimum absolute atomic E-state index is 0.0757. The molecule has 1 saturated heterocycles. The second-order valence-corrected chi connectivity index (χ2v) is 9.19. The van der Waals surface area contributed by atoms with Gasteiger partial charge in [-0.25, -0.2) is 17.5 Å². The van der Waals surface area contributed by atoms with E-state index in [1.54, 1.807) is 29.2 Å². The van der Waals surface area contributed by atoms with Crippen molar-refractivity contribution in [2.75, 3.05) is 27.2 Å². The number of nitrogens with zero attached hydrogens (tertiary/aromatic N) is 2. The summed E-state index contributed by atoms with van der Waals surface area (Å²) in [4.78, 5) is 27.4. The molecule has 0 spiro atoms. The molecule has 0 bridgehead atoms. The summed E-state index contributed by atoms with van der Waals surface area (Å²) in [6.45, 7) is 1.30. The normalized spacial score (nSPS) is 15.3. The molecule has 1 aliphatic heterocycles. The molecule has 8 heteroatoms. The summed E-state index contributed by atoms with van der Waals surface area (Å²) in [6, 6.07) is 14.4. The van der Waals surface area contributed by atoms with E-state index in [0.717, 1.165) is 17.1 Å². The maximum atomic E-state index is 12.9. The van der Waals surface area contributed by atoms with Crippen molar-refractivity contribution in [2.24, 2.45) is 0 Å². The van der Waals surface area contributed by atoms with Gasteiger partial charge in [-0.1, -0.05) is 30.3 Å². The van der Waals surface area contributed by atoms with Crippen LogP contribution >= 0.6 is 0 Å². The molecule has 0 unspecified atom stereocenters. The first-order chi connectivity index (χ1) is 13.8. The summed E-state index contributed by atoms with van der Waals surface area (Å²) in [6.07, 6.45) is 0.832. The van der Waals surface area contributed by atoms with Crippen molar-refractivity contribution < 1.29 is 22.7 Å². The Kier molecular flexibility index (Phi) is 6.34. The molecule has 29 heavy (non-hydrogen) atoms. The highest BCUT2D eigenvalue weighted by molar-refractivity contribution is 7.89. The third-order valence-corrected chi connectivity index (χ3v) is 6.67. The van der Waals surface area contributed by atoms with Crippen molar-refractivity contribution in [3.05, 3.63) is 65.7 Å². The molecule has 0 aromatic heterocycles. The van der Waals surface area contributed by atoms with Crippen LogP contribution in [0.4, 0.5) is 0 Å². The van der Waals surface area contributed by atoms with Crippen molar-refractivity contribution in [3.63, 3.8) is 0 Å². The van der Waals surface area contributed by atoms with Gasteiger partial charge in [-0.3, -0.25) is 4.79 Å². The number of carbonyl (C=O) groups is 2. The number of benzene rings is 2. The van der Waals surface area contributed by atoms with Gasteiger partial charge in [0, 0.05) is 32.7 Å². The van der Waals surface area contributed by atoms with Crippen LogP contribution in [0.2, 0.25) is 0 Å². The van der Waals surface area contributed by atoms with Gasteiger partial charge in [-0.15, -0.1) is 0 Å². The van der Waals surface area contributed by atoms with Gasteiger partial charge in [0.1, 0.15) is 0 Å². The highest BCUT2D eigenvalue weighted by Gasteiger charge is 2.31. The van der Waals surface area contributed by atoms with Crippen molar-refractivity contribution >= 4 is 21.9 Å². The van der Waals surface area contributed by atoms with Gasteiger partial charge in [-0.05, 0) is 37.1 Å². The highest BCUT2D eigenvalue weighted by atomic mass is 32.2. The van der Waals surface area contributed by atoms with E-state index in [2.05, 4.69) is 0 Å². The quantitative estimate of drug-likeness (QED) is 0.676. The number of hydrogen-bond donors (Lipinski definition) is 0. The topological polar surface area (TPSA) is 84.0 Å². The first-order valence-corrected chi connectivity index (χ1v) is 10.8. The second-order valence-electron chi connectivity index (χ2n) is 7.04. The fourth-order valence-corrected chi connectivity index (χ4v) is 4.04. The van der Waals surface area contributed by atoms with Gasteiger partial charge < -0.3 is 9.64 Å². The SMILES string of the molecule is CN(C)S(=O)(=O)c1ccc(C(=O)O[C@@H](C(=O)N2CCCC2)c2ccccc2)cc1. The Balaban J connectivity index is 1.82. The molecule has 0 radical (unpaired) electrons. The van der Waals surface area contributed by atoms with Crippen molar-refractivity contribution in [1.82, 2.24) is 9.21 Å². The highest BCUT2D eigenvalue weighted by Crippen LogP contribution is 2.24. The lowest BCUT2D eigenvalue weighted by Gasteiger charge is -2.23. The Bertz CT molecular complexity index is 966. The van der Waals surface area contributed by atoms with E-state index >= 15 is 0 Å². The summed E-state index contributed by atoms with van der Waals surface area (Å²) in [5, 5.41) is 0. The minimum atomic E-state index is -3.59. The first-order valence-electron chi connectivity index (χ1n) is 9.38. The molecule has 154 valence electrons. The molecule has 1 heterocycles. The van der Waals surface area contributed by atoms with Gasteiger partial charge in [0.15, 0.2) is 0 Å². The summed E-state index contributed by atoms with van der Waals surface area (Å²) in [5.74, 6) is -0.922. The van der Waals surface area contributed by atoms with Crippen LogP contribution in [0.15, 0.2) is 59.5 Å². The van der Waals surface area contributed by atoms with Gasteiger partial charge >= 0.3 is 5.97 Å². The Morgan fingerprint density at radius 3 is 2.10 bits per heavy atom. The van der Waals surface area contributed by atoms with Crippen molar-refractivity contribution in [1.29, 1.82) is 0 Å². The van der Waals surface area contributed by atoms with E-state index in [0.29, 0.717) is 18.7 Å². The summed E-state index contributed by atoms with van der Waals surface area (Å²) in [7, 11) is -0.717. The second kappa shape index (κ2) is 8.75. The van der Waals surface area contributed by atoms with E-state index in [4.69, 9.17) is 4.74 Å². The van der Waals surface area contributed by atoms with Crippen LogP contribution in [0, 0.1) is 0 Å². The van der Waals surface area contributed by atoms with Crippen LogP contribution < -0.4 is 0 Å². The number of ether oxygens (including phenoxy) is 1. The molecule has 1 amide bonds. The largest absolute Gasteiger partial charge is 0.444 e. The monoisotopic (exact) mass is 416 g/mol. The molecule has 1 atom stereocenters. The fourth-order valence-electron chi connectivity index (χ4n) is 3.14. The van der Waals surface area contributed by atoms with E-state index in [-0.39, 0.29) is 16.4 Å². The van der Waals surface area contributed by atoms with Crippen LogP contribution in [0.3, 0.4) is 0 Å². The third kappa shape index (κ3) is 4.65. The standard InChI is InChI=1S/C21H24N2O5S/c1-22(2)29(26,27)18-12-10-17(11-13-18)21(25)28-19(16-8-4-3-5-9-16)20(24)23-14-6-7-15-23/h3-5,8-13,19H,6-7,14-15H2,1-2H3/t19-/m1/s1. The molecule has 2 aromatic carbocycles. The number of esters is 1. The zero-order valence-corrected chi connectivity index (χ0v) is 17.3. The molecule has 0 N–H and O–H groups in total. The summed E-state index contributed by atoms with van der Waals surface area (Å²) < 4.78 is 31.0. The van der Waals surface area contributed by atoms with Gasteiger partial charge in [0.05, 0.1) is 10.5 Å². The Hall–Kier alpha value is -2.71. The maximum absolute atomic E-state index is 12.9. The maximum Gasteiger partial charge on any atom is 0.339 e. The minimum Gasteiger partial charge on any atom is -0.444 e. The first kappa shape index (κ1) is 21.0. The van der Waals surface area contributed by atoms with Gasteiger partial charge in [0.2, 0.25) is 16.1 Å². The zero-order chi connectivity index (χ0) is 21.0. The molecule has 7 nitrogen and oxygen atoms in total. The van der Waals surface area contributed by atoms with E-state index in [9.17, 15) is 18.0 Å². The lowest BCUT2D eigenvalue weighted by atomic mass is 10.1. The Morgan fingerprint density at radius 2 is 1.55 bits per heavy atom. The Labute approximate surface area is 170 Å². The van der Waals surface area contributed by atoms with Crippen LogP contribution in [-0.4, -0.2) is 56.7 Å².